The van der Waals surface area contributed by atoms with Gasteiger partial charge in [0.1, 0.15) is 0 Å². The Morgan fingerprint density at radius 3 is 1.92 bits per heavy atom. The van der Waals surface area contributed by atoms with Crippen LogP contribution in [0.2, 0.25) is 0 Å². The van der Waals surface area contributed by atoms with Gasteiger partial charge < -0.3 is 15.1 Å². The molecule has 3 amide bonds. The minimum Gasteiger partial charge on any atom is -0.339 e. The SMILES string of the molecule is Cc1cc(C)c(CC(=O)N2CCN(C(=O)NC(C)(C)C)CC2)c(C)c1. The molecule has 138 valence electrons. The van der Waals surface area contributed by atoms with E-state index in [9.17, 15) is 9.59 Å². The summed E-state index contributed by atoms with van der Waals surface area (Å²) in [5.74, 6) is 0.144. The zero-order chi connectivity index (χ0) is 18.8. The third-order valence-electron chi connectivity index (χ3n) is 4.57. The molecule has 2 rings (SSSR count). The van der Waals surface area contributed by atoms with Crippen LogP contribution < -0.4 is 5.32 Å². The molecule has 1 aliphatic heterocycles. The quantitative estimate of drug-likeness (QED) is 0.896. The molecule has 1 aliphatic rings. The van der Waals surface area contributed by atoms with Gasteiger partial charge in [-0.25, -0.2) is 4.79 Å². The van der Waals surface area contributed by atoms with Crippen molar-refractivity contribution < 1.29 is 9.59 Å². The monoisotopic (exact) mass is 345 g/mol. The van der Waals surface area contributed by atoms with E-state index in [0.717, 1.165) is 5.56 Å². The zero-order valence-electron chi connectivity index (χ0n) is 16.4. The van der Waals surface area contributed by atoms with Crippen LogP contribution in [0.5, 0.6) is 0 Å². The molecule has 0 bridgehead atoms. The first-order valence-corrected chi connectivity index (χ1v) is 8.98. The van der Waals surface area contributed by atoms with Crippen LogP contribution in [0, 0.1) is 20.8 Å². The second-order valence-electron chi connectivity index (χ2n) is 8.10. The second-order valence-corrected chi connectivity index (χ2v) is 8.10. The molecule has 1 fully saturated rings. The highest BCUT2D eigenvalue weighted by molar-refractivity contribution is 5.80. The van der Waals surface area contributed by atoms with Gasteiger partial charge in [0.2, 0.25) is 5.91 Å². The van der Waals surface area contributed by atoms with Gasteiger partial charge in [0.05, 0.1) is 6.42 Å². The van der Waals surface area contributed by atoms with E-state index >= 15 is 0 Å². The summed E-state index contributed by atoms with van der Waals surface area (Å²) in [6.07, 6.45) is 0.437. The van der Waals surface area contributed by atoms with Gasteiger partial charge in [-0.1, -0.05) is 17.7 Å². The number of hydrogen-bond donors (Lipinski definition) is 1. The molecule has 0 aromatic heterocycles. The summed E-state index contributed by atoms with van der Waals surface area (Å²) in [6, 6.07) is 4.21. The van der Waals surface area contributed by atoms with Crippen LogP contribution in [-0.2, 0) is 11.2 Å². The minimum absolute atomic E-state index is 0.0511. The molecule has 0 unspecified atom stereocenters. The van der Waals surface area contributed by atoms with E-state index in [4.69, 9.17) is 0 Å². The Morgan fingerprint density at radius 2 is 1.44 bits per heavy atom. The predicted molar refractivity (Wildman–Crippen MR) is 101 cm³/mol. The molecule has 1 saturated heterocycles. The van der Waals surface area contributed by atoms with Crippen molar-refractivity contribution in [3.05, 3.63) is 34.4 Å². The van der Waals surface area contributed by atoms with Crippen molar-refractivity contribution in [3.63, 3.8) is 0 Å². The minimum atomic E-state index is -0.246. The summed E-state index contributed by atoms with van der Waals surface area (Å²) >= 11 is 0. The Balaban J connectivity index is 1.93. The Morgan fingerprint density at radius 1 is 0.960 bits per heavy atom. The zero-order valence-corrected chi connectivity index (χ0v) is 16.4. The summed E-state index contributed by atoms with van der Waals surface area (Å²) in [5, 5.41) is 2.98. The second kappa shape index (κ2) is 7.46. The van der Waals surface area contributed by atoms with Crippen LogP contribution in [0.15, 0.2) is 12.1 Å². The fourth-order valence-corrected chi connectivity index (χ4v) is 3.31. The smallest absolute Gasteiger partial charge is 0.317 e. The van der Waals surface area contributed by atoms with E-state index < -0.39 is 0 Å². The molecule has 1 N–H and O–H groups in total. The summed E-state index contributed by atoms with van der Waals surface area (Å²) < 4.78 is 0. The van der Waals surface area contributed by atoms with Crippen LogP contribution in [0.3, 0.4) is 0 Å². The number of urea groups is 1. The number of amides is 3. The highest BCUT2D eigenvalue weighted by atomic mass is 16.2. The van der Waals surface area contributed by atoms with Crippen molar-refractivity contribution in [3.8, 4) is 0 Å². The fourth-order valence-electron chi connectivity index (χ4n) is 3.31. The number of hydrogen-bond acceptors (Lipinski definition) is 2. The molecule has 1 aromatic carbocycles. The molecule has 25 heavy (non-hydrogen) atoms. The third-order valence-corrected chi connectivity index (χ3v) is 4.57. The largest absolute Gasteiger partial charge is 0.339 e. The van der Waals surface area contributed by atoms with E-state index in [2.05, 4.69) is 38.2 Å². The average Bonchev–Trinajstić information content (AvgIpc) is 2.49. The fraction of sp³-hybridized carbons (Fsp3) is 0.600. The van der Waals surface area contributed by atoms with Gasteiger partial charge in [-0.05, 0) is 58.2 Å². The molecule has 5 nitrogen and oxygen atoms in total. The van der Waals surface area contributed by atoms with Gasteiger partial charge in [0, 0.05) is 31.7 Å². The molecular formula is C20H31N3O2. The maximum atomic E-state index is 12.7. The van der Waals surface area contributed by atoms with Crippen molar-refractivity contribution in [1.29, 1.82) is 0 Å². The van der Waals surface area contributed by atoms with Gasteiger partial charge in [0.15, 0.2) is 0 Å². The average molecular weight is 345 g/mol. The summed E-state index contributed by atoms with van der Waals surface area (Å²) in [7, 11) is 0. The van der Waals surface area contributed by atoms with E-state index in [1.54, 1.807) is 4.90 Å². The van der Waals surface area contributed by atoms with Crippen molar-refractivity contribution in [2.45, 2.75) is 53.5 Å². The molecule has 0 radical (unpaired) electrons. The van der Waals surface area contributed by atoms with Crippen LogP contribution >= 0.6 is 0 Å². The Bertz CT molecular complexity index is 630. The molecule has 1 aromatic rings. The van der Waals surface area contributed by atoms with E-state index in [-0.39, 0.29) is 17.5 Å². The number of aryl methyl sites for hydroxylation is 3. The molecule has 5 heteroatoms. The number of rotatable bonds is 2. The van der Waals surface area contributed by atoms with Gasteiger partial charge in [-0.2, -0.15) is 0 Å². The molecule has 0 saturated carbocycles. The standard InChI is InChI=1S/C20H31N3O2/c1-14-11-15(2)17(16(3)12-14)13-18(24)22-7-9-23(10-8-22)19(25)21-20(4,5)6/h11-12H,7-10,13H2,1-6H3,(H,21,25). The summed E-state index contributed by atoms with van der Waals surface area (Å²) in [5.41, 5.74) is 4.46. The number of piperazine rings is 1. The lowest BCUT2D eigenvalue weighted by Gasteiger charge is -2.36. The first-order chi connectivity index (χ1) is 11.6. The lowest BCUT2D eigenvalue weighted by molar-refractivity contribution is -0.131. The topological polar surface area (TPSA) is 52.7 Å². The highest BCUT2D eigenvalue weighted by Gasteiger charge is 2.26. The third kappa shape index (κ3) is 5.21. The Hall–Kier alpha value is -2.04. The maximum Gasteiger partial charge on any atom is 0.317 e. The van der Waals surface area contributed by atoms with Gasteiger partial charge in [-0.15, -0.1) is 0 Å². The number of nitrogens with zero attached hydrogens (tertiary/aromatic N) is 2. The first kappa shape index (κ1) is 19.3. The van der Waals surface area contributed by atoms with E-state index in [1.807, 2.05) is 25.7 Å². The molecule has 0 spiro atoms. The summed E-state index contributed by atoms with van der Waals surface area (Å²) in [4.78, 5) is 28.5. The molecule has 0 aliphatic carbocycles. The van der Waals surface area contributed by atoms with Gasteiger partial charge in [-0.3, -0.25) is 4.79 Å². The van der Waals surface area contributed by atoms with Crippen molar-refractivity contribution in [2.75, 3.05) is 26.2 Å². The van der Waals surface area contributed by atoms with Gasteiger partial charge >= 0.3 is 6.03 Å². The van der Waals surface area contributed by atoms with Gasteiger partial charge in [0.25, 0.3) is 0 Å². The van der Waals surface area contributed by atoms with Crippen LogP contribution in [0.4, 0.5) is 4.79 Å². The predicted octanol–water partition coefficient (Wildman–Crippen LogP) is 2.81. The molecule has 1 heterocycles. The van der Waals surface area contributed by atoms with E-state index in [0.29, 0.717) is 32.6 Å². The molecular weight excluding hydrogens is 314 g/mol. The Kier molecular flexibility index (Phi) is 5.76. The first-order valence-electron chi connectivity index (χ1n) is 8.98. The van der Waals surface area contributed by atoms with Crippen LogP contribution in [-0.4, -0.2) is 53.5 Å². The van der Waals surface area contributed by atoms with Crippen molar-refractivity contribution in [2.24, 2.45) is 0 Å². The maximum absolute atomic E-state index is 12.7. The number of benzene rings is 1. The lowest BCUT2D eigenvalue weighted by Crippen LogP contribution is -2.56. The summed E-state index contributed by atoms with van der Waals surface area (Å²) in [6.45, 7) is 14.5. The van der Waals surface area contributed by atoms with E-state index in [1.165, 1.54) is 16.7 Å². The van der Waals surface area contributed by atoms with Crippen molar-refractivity contribution in [1.82, 2.24) is 15.1 Å². The number of nitrogens with one attached hydrogen (secondary N) is 1. The van der Waals surface area contributed by atoms with Crippen LogP contribution in [0.25, 0.3) is 0 Å². The van der Waals surface area contributed by atoms with Crippen molar-refractivity contribution >= 4 is 11.9 Å². The number of carbonyl (C=O) groups excluding carboxylic acids is 2. The Labute approximate surface area is 151 Å². The van der Waals surface area contributed by atoms with Crippen LogP contribution in [0.1, 0.15) is 43.0 Å². The normalized spacial score (nSPS) is 15.3. The highest BCUT2D eigenvalue weighted by Crippen LogP contribution is 2.18. The number of carbonyl (C=O) groups is 2. The lowest BCUT2D eigenvalue weighted by atomic mass is 9.97. The molecule has 0 atom stereocenters.